The summed E-state index contributed by atoms with van der Waals surface area (Å²) in [5.74, 6) is 1.73. The molecule has 0 amide bonds. The van der Waals surface area contributed by atoms with Crippen molar-refractivity contribution < 1.29 is 4.74 Å². The molecule has 0 aliphatic carbocycles. The highest BCUT2D eigenvalue weighted by Crippen LogP contribution is 2.18. The first-order valence-electron chi connectivity index (χ1n) is 8.09. The van der Waals surface area contributed by atoms with E-state index in [-0.39, 0.29) is 12.2 Å². The first-order valence-corrected chi connectivity index (χ1v) is 8.09. The van der Waals surface area contributed by atoms with Gasteiger partial charge in [0.15, 0.2) is 0 Å². The molecule has 1 aliphatic rings. The molecule has 24 heavy (non-hydrogen) atoms. The van der Waals surface area contributed by atoms with Gasteiger partial charge in [-0.2, -0.15) is 5.26 Å². The topological polar surface area (TPSA) is 74.1 Å². The van der Waals surface area contributed by atoms with Crippen LogP contribution in [0, 0.1) is 11.3 Å². The molecular formula is C18H21N5O. The molecule has 3 rings (SSSR count). The van der Waals surface area contributed by atoms with Crippen molar-refractivity contribution >= 4 is 11.6 Å². The third kappa shape index (κ3) is 4.00. The van der Waals surface area contributed by atoms with Gasteiger partial charge in [0, 0.05) is 32.0 Å². The molecule has 0 unspecified atom stereocenters. The predicted molar refractivity (Wildman–Crippen MR) is 92.7 cm³/mol. The Morgan fingerprint density at radius 3 is 2.54 bits per heavy atom. The average molecular weight is 323 g/mol. The molecule has 3 heterocycles. The summed E-state index contributed by atoms with van der Waals surface area (Å²) in [5.41, 5.74) is 1.64. The van der Waals surface area contributed by atoms with E-state index >= 15 is 0 Å². The summed E-state index contributed by atoms with van der Waals surface area (Å²) in [5, 5.41) is 12.0. The Kier molecular flexibility index (Phi) is 4.92. The molecule has 1 N–H and O–H groups in total. The number of ether oxygens (including phenoxy) is 1. The SMILES string of the molecule is C[C@@H]1CN(c2ccc(CNc3ccc(C#N)cn3)cn2)C[C@H](C)O1. The molecule has 0 radical (unpaired) electrons. The number of anilines is 2. The second-order valence-corrected chi connectivity index (χ2v) is 6.08. The summed E-state index contributed by atoms with van der Waals surface area (Å²) < 4.78 is 5.76. The molecule has 2 aromatic rings. The van der Waals surface area contributed by atoms with Crippen molar-refractivity contribution in [3.05, 3.63) is 47.8 Å². The molecule has 1 saturated heterocycles. The lowest BCUT2D eigenvalue weighted by Crippen LogP contribution is -2.45. The van der Waals surface area contributed by atoms with E-state index in [0.29, 0.717) is 12.1 Å². The quantitative estimate of drug-likeness (QED) is 0.932. The molecule has 1 fully saturated rings. The van der Waals surface area contributed by atoms with Crippen molar-refractivity contribution in [2.24, 2.45) is 0 Å². The second kappa shape index (κ2) is 7.28. The Morgan fingerprint density at radius 2 is 1.96 bits per heavy atom. The van der Waals surface area contributed by atoms with Crippen molar-refractivity contribution in [3.63, 3.8) is 0 Å². The highest BCUT2D eigenvalue weighted by atomic mass is 16.5. The van der Waals surface area contributed by atoms with Crippen LogP contribution in [0.15, 0.2) is 36.7 Å². The van der Waals surface area contributed by atoms with Crippen LogP contribution in [0.1, 0.15) is 25.0 Å². The molecule has 0 aromatic carbocycles. The molecule has 6 heteroatoms. The minimum Gasteiger partial charge on any atom is -0.372 e. The highest BCUT2D eigenvalue weighted by molar-refractivity contribution is 5.42. The third-order valence-electron chi connectivity index (χ3n) is 3.92. The fourth-order valence-electron chi connectivity index (χ4n) is 2.83. The average Bonchev–Trinajstić information content (AvgIpc) is 2.60. The summed E-state index contributed by atoms with van der Waals surface area (Å²) >= 11 is 0. The van der Waals surface area contributed by atoms with Gasteiger partial charge in [0.05, 0.1) is 17.8 Å². The third-order valence-corrected chi connectivity index (χ3v) is 3.92. The van der Waals surface area contributed by atoms with Gasteiger partial charge in [-0.15, -0.1) is 0 Å². The molecule has 6 nitrogen and oxygen atoms in total. The van der Waals surface area contributed by atoms with Crippen molar-refractivity contribution in [1.82, 2.24) is 9.97 Å². The van der Waals surface area contributed by atoms with Crippen LogP contribution in [-0.4, -0.2) is 35.3 Å². The number of nitrogens with one attached hydrogen (secondary N) is 1. The van der Waals surface area contributed by atoms with E-state index < -0.39 is 0 Å². The van der Waals surface area contributed by atoms with Gasteiger partial charge in [-0.25, -0.2) is 9.97 Å². The maximum atomic E-state index is 8.77. The number of aromatic nitrogens is 2. The van der Waals surface area contributed by atoms with E-state index in [2.05, 4.69) is 46.2 Å². The molecule has 0 bridgehead atoms. The van der Waals surface area contributed by atoms with Gasteiger partial charge < -0.3 is 15.0 Å². The summed E-state index contributed by atoms with van der Waals surface area (Å²) in [6.07, 6.45) is 3.89. The summed E-state index contributed by atoms with van der Waals surface area (Å²) in [7, 11) is 0. The number of rotatable bonds is 4. The Bertz CT molecular complexity index is 698. The minimum absolute atomic E-state index is 0.222. The number of hydrogen-bond acceptors (Lipinski definition) is 6. The smallest absolute Gasteiger partial charge is 0.128 e. The lowest BCUT2D eigenvalue weighted by molar-refractivity contribution is -0.00545. The van der Waals surface area contributed by atoms with Gasteiger partial charge in [-0.05, 0) is 37.6 Å². The van der Waals surface area contributed by atoms with Gasteiger partial charge in [0.1, 0.15) is 17.7 Å². The molecule has 2 aromatic heterocycles. The summed E-state index contributed by atoms with van der Waals surface area (Å²) in [6.45, 7) is 6.55. The Morgan fingerprint density at radius 1 is 1.17 bits per heavy atom. The normalized spacial score (nSPS) is 20.5. The number of pyridine rings is 2. The minimum atomic E-state index is 0.222. The number of hydrogen-bond donors (Lipinski definition) is 1. The van der Waals surface area contributed by atoms with Crippen molar-refractivity contribution in [1.29, 1.82) is 5.26 Å². The van der Waals surface area contributed by atoms with Crippen LogP contribution in [0.2, 0.25) is 0 Å². The predicted octanol–water partition coefficient (Wildman–Crippen LogP) is 2.57. The maximum Gasteiger partial charge on any atom is 0.128 e. The van der Waals surface area contributed by atoms with Gasteiger partial charge in [-0.1, -0.05) is 6.07 Å². The van der Waals surface area contributed by atoms with E-state index in [1.54, 1.807) is 18.3 Å². The maximum absolute atomic E-state index is 8.77. The van der Waals surface area contributed by atoms with Gasteiger partial charge >= 0.3 is 0 Å². The highest BCUT2D eigenvalue weighted by Gasteiger charge is 2.22. The second-order valence-electron chi connectivity index (χ2n) is 6.08. The van der Waals surface area contributed by atoms with Crippen molar-refractivity contribution in [2.45, 2.75) is 32.6 Å². The van der Waals surface area contributed by atoms with E-state index in [0.717, 1.165) is 30.3 Å². The number of morpholine rings is 1. The Balaban J connectivity index is 1.59. The first kappa shape index (κ1) is 16.2. The zero-order valence-electron chi connectivity index (χ0n) is 13.9. The van der Waals surface area contributed by atoms with Crippen LogP contribution in [0.3, 0.4) is 0 Å². The standard InChI is InChI=1S/C18H21N5O/c1-13-11-23(12-14(2)24-13)18-6-4-16(10-22-18)9-21-17-5-3-15(7-19)8-20-17/h3-6,8,10,13-14H,9,11-12H2,1-2H3,(H,20,21)/t13-,14+. The van der Waals surface area contributed by atoms with Crippen LogP contribution < -0.4 is 10.2 Å². The van der Waals surface area contributed by atoms with E-state index in [4.69, 9.17) is 10.00 Å². The van der Waals surface area contributed by atoms with Gasteiger partial charge in [-0.3, -0.25) is 0 Å². The summed E-state index contributed by atoms with van der Waals surface area (Å²) in [6, 6.07) is 9.73. The van der Waals surface area contributed by atoms with Crippen LogP contribution in [0.5, 0.6) is 0 Å². The van der Waals surface area contributed by atoms with Crippen LogP contribution in [0.25, 0.3) is 0 Å². The van der Waals surface area contributed by atoms with E-state index in [1.165, 1.54) is 0 Å². The Hall–Kier alpha value is -2.65. The molecule has 0 saturated carbocycles. The molecule has 124 valence electrons. The fraction of sp³-hybridized carbons (Fsp3) is 0.389. The van der Waals surface area contributed by atoms with Crippen molar-refractivity contribution in [2.75, 3.05) is 23.3 Å². The molecule has 0 spiro atoms. The van der Waals surface area contributed by atoms with Crippen molar-refractivity contribution in [3.8, 4) is 6.07 Å². The fourth-order valence-corrected chi connectivity index (χ4v) is 2.83. The van der Waals surface area contributed by atoms with Crippen LogP contribution in [0.4, 0.5) is 11.6 Å². The monoisotopic (exact) mass is 323 g/mol. The zero-order valence-corrected chi connectivity index (χ0v) is 13.9. The first-order chi connectivity index (χ1) is 11.6. The molecular weight excluding hydrogens is 302 g/mol. The lowest BCUT2D eigenvalue weighted by Gasteiger charge is -2.36. The summed E-state index contributed by atoms with van der Waals surface area (Å²) in [4.78, 5) is 11.0. The van der Waals surface area contributed by atoms with E-state index in [1.807, 2.05) is 12.3 Å². The van der Waals surface area contributed by atoms with Gasteiger partial charge in [0.25, 0.3) is 0 Å². The molecule has 2 atom stereocenters. The molecule has 1 aliphatic heterocycles. The Labute approximate surface area is 142 Å². The van der Waals surface area contributed by atoms with E-state index in [9.17, 15) is 0 Å². The lowest BCUT2D eigenvalue weighted by atomic mass is 10.2. The van der Waals surface area contributed by atoms with Gasteiger partial charge in [0.2, 0.25) is 0 Å². The van der Waals surface area contributed by atoms with Crippen LogP contribution in [-0.2, 0) is 11.3 Å². The largest absolute Gasteiger partial charge is 0.372 e. The number of nitrogens with zero attached hydrogens (tertiary/aromatic N) is 4. The van der Waals surface area contributed by atoms with Crippen LogP contribution >= 0.6 is 0 Å². The zero-order chi connectivity index (χ0) is 16.9. The number of nitriles is 1.